The molecule has 0 aromatic heterocycles. The van der Waals surface area contributed by atoms with Gasteiger partial charge < -0.3 is 9.84 Å². The van der Waals surface area contributed by atoms with Crippen LogP contribution in [0.25, 0.3) is 0 Å². The second-order valence-electron chi connectivity index (χ2n) is 5.66. The van der Waals surface area contributed by atoms with Crippen molar-refractivity contribution in [2.75, 3.05) is 0 Å². The summed E-state index contributed by atoms with van der Waals surface area (Å²) >= 11 is 0. The van der Waals surface area contributed by atoms with Crippen molar-refractivity contribution >= 4 is 5.97 Å². The molecule has 2 saturated carbocycles. The number of halogens is 3. The lowest BCUT2D eigenvalue weighted by molar-refractivity contribution is -0.142. The molecule has 0 unspecified atom stereocenters. The average Bonchev–Trinajstić information content (AvgIpc) is 3.07. The molecular formula is C14H14F3NO3. The Balaban J connectivity index is 1.62. The first-order valence-corrected chi connectivity index (χ1v) is 6.58. The molecule has 3 rings (SSSR count). The van der Waals surface area contributed by atoms with E-state index in [2.05, 4.69) is 0 Å². The molecule has 2 fully saturated rings. The molecule has 21 heavy (non-hydrogen) atoms. The topological polar surface area (TPSA) is 72.5 Å². The first-order valence-electron chi connectivity index (χ1n) is 6.58. The summed E-state index contributed by atoms with van der Waals surface area (Å²) < 4.78 is 45.6. The van der Waals surface area contributed by atoms with E-state index in [1.54, 1.807) is 0 Å². The van der Waals surface area contributed by atoms with E-state index in [1.807, 2.05) is 0 Å². The Kier molecular flexibility index (Phi) is 3.22. The molecule has 0 heterocycles. The zero-order chi connectivity index (χ0) is 15.4. The van der Waals surface area contributed by atoms with Gasteiger partial charge in [0.05, 0.1) is 12.5 Å². The molecule has 0 amide bonds. The molecule has 4 nitrogen and oxygen atoms in total. The van der Waals surface area contributed by atoms with Crippen molar-refractivity contribution < 1.29 is 27.8 Å². The van der Waals surface area contributed by atoms with Crippen LogP contribution in [0.15, 0.2) is 18.2 Å². The standard InChI is InChI=1S/C14H14F3NO3/c15-8-2-1-6(3-9(8)16)5-21-10-4-7-11(13(19)20)12(7)14(10,17)18/h1-3,7,10-12H,4-5,18H2,(H,19,20)/t7-,10+,11-,12-,14-/m0/s1. The Morgan fingerprint density at radius 3 is 2.67 bits per heavy atom. The largest absolute Gasteiger partial charge is 0.481 e. The monoisotopic (exact) mass is 301 g/mol. The van der Waals surface area contributed by atoms with Gasteiger partial charge in [0.25, 0.3) is 0 Å². The van der Waals surface area contributed by atoms with Crippen molar-refractivity contribution in [3.63, 3.8) is 0 Å². The molecule has 0 radical (unpaired) electrons. The van der Waals surface area contributed by atoms with Gasteiger partial charge in [0.15, 0.2) is 17.4 Å². The zero-order valence-corrected chi connectivity index (χ0v) is 10.9. The highest BCUT2D eigenvalue weighted by atomic mass is 19.2. The van der Waals surface area contributed by atoms with Crippen LogP contribution in [0.3, 0.4) is 0 Å². The predicted molar refractivity (Wildman–Crippen MR) is 65.7 cm³/mol. The van der Waals surface area contributed by atoms with Gasteiger partial charge in [0.2, 0.25) is 0 Å². The molecule has 0 spiro atoms. The van der Waals surface area contributed by atoms with E-state index in [1.165, 1.54) is 6.07 Å². The molecule has 1 aromatic rings. The number of hydrogen-bond acceptors (Lipinski definition) is 3. The Labute approximate surface area is 118 Å². The van der Waals surface area contributed by atoms with Crippen LogP contribution in [0.2, 0.25) is 0 Å². The van der Waals surface area contributed by atoms with E-state index >= 15 is 0 Å². The van der Waals surface area contributed by atoms with Crippen molar-refractivity contribution in [2.24, 2.45) is 23.5 Å². The Hall–Kier alpha value is -1.60. The van der Waals surface area contributed by atoms with Crippen molar-refractivity contribution in [2.45, 2.75) is 24.9 Å². The van der Waals surface area contributed by atoms with E-state index in [0.717, 1.165) is 12.1 Å². The fourth-order valence-corrected chi connectivity index (χ4v) is 3.27. The number of fused-ring (bicyclic) bond motifs is 1. The molecule has 114 valence electrons. The lowest BCUT2D eigenvalue weighted by Gasteiger charge is -2.27. The Morgan fingerprint density at radius 2 is 2.14 bits per heavy atom. The van der Waals surface area contributed by atoms with Gasteiger partial charge in [-0.3, -0.25) is 10.5 Å². The minimum atomic E-state index is -2.20. The average molecular weight is 301 g/mol. The van der Waals surface area contributed by atoms with Crippen LogP contribution in [0.5, 0.6) is 0 Å². The van der Waals surface area contributed by atoms with E-state index in [9.17, 15) is 18.0 Å². The smallest absolute Gasteiger partial charge is 0.307 e. The first kappa shape index (κ1) is 14.3. The molecule has 0 bridgehead atoms. The zero-order valence-electron chi connectivity index (χ0n) is 10.9. The summed E-state index contributed by atoms with van der Waals surface area (Å²) in [4.78, 5) is 10.9. The van der Waals surface area contributed by atoms with Gasteiger partial charge in [-0.1, -0.05) is 6.07 Å². The summed E-state index contributed by atoms with van der Waals surface area (Å²) in [6, 6.07) is 3.28. The fraction of sp³-hybridized carbons (Fsp3) is 0.500. The number of ether oxygens (including phenoxy) is 1. The van der Waals surface area contributed by atoms with Gasteiger partial charge in [-0.2, -0.15) is 0 Å². The highest BCUT2D eigenvalue weighted by Gasteiger charge is 2.72. The van der Waals surface area contributed by atoms with E-state index in [0.29, 0.717) is 5.56 Å². The van der Waals surface area contributed by atoms with Crippen molar-refractivity contribution in [1.29, 1.82) is 0 Å². The number of benzene rings is 1. The van der Waals surface area contributed by atoms with Crippen LogP contribution in [0.4, 0.5) is 13.2 Å². The molecular weight excluding hydrogens is 287 g/mol. The fourth-order valence-electron chi connectivity index (χ4n) is 3.27. The highest BCUT2D eigenvalue weighted by Crippen LogP contribution is 2.62. The Bertz CT molecular complexity index is 593. The van der Waals surface area contributed by atoms with Crippen LogP contribution in [0, 0.1) is 29.4 Å². The minimum absolute atomic E-state index is 0.109. The summed E-state index contributed by atoms with van der Waals surface area (Å²) in [6.07, 6.45) is -0.714. The maximum absolute atomic E-state index is 14.4. The van der Waals surface area contributed by atoms with Crippen molar-refractivity contribution in [1.82, 2.24) is 0 Å². The minimum Gasteiger partial charge on any atom is -0.481 e. The summed E-state index contributed by atoms with van der Waals surface area (Å²) in [7, 11) is 0. The number of hydrogen-bond donors (Lipinski definition) is 2. The molecule has 3 N–H and O–H groups in total. The second kappa shape index (κ2) is 4.71. The number of carboxylic acid groups (broad SMARTS) is 1. The lowest BCUT2D eigenvalue weighted by Crippen LogP contribution is -2.48. The Morgan fingerprint density at radius 1 is 1.43 bits per heavy atom. The van der Waals surface area contributed by atoms with Gasteiger partial charge in [-0.25, -0.2) is 13.2 Å². The number of carboxylic acids is 1. The highest BCUT2D eigenvalue weighted by molar-refractivity contribution is 5.75. The number of rotatable bonds is 4. The number of aliphatic carboxylic acids is 1. The van der Waals surface area contributed by atoms with Gasteiger partial charge in [0, 0.05) is 5.92 Å². The SMILES string of the molecule is N[C@]1(F)[C@H]2[C@@H](C[C@H]1OCc1ccc(F)c(F)c1)[C@@H]2C(=O)O. The third kappa shape index (κ3) is 2.30. The van der Waals surface area contributed by atoms with Crippen LogP contribution in [-0.2, 0) is 16.1 Å². The third-order valence-corrected chi connectivity index (χ3v) is 4.38. The number of alkyl halides is 1. The number of nitrogens with two attached hydrogens (primary N) is 1. The second-order valence-corrected chi connectivity index (χ2v) is 5.66. The molecule has 2 aliphatic rings. The molecule has 2 aliphatic carbocycles. The normalized spacial score (nSPS) is 37.3. The molecule has 0 saturated heterocycles. The predicted octanol–water partition coefficient (Wildman–Crippen LogP) is 1.83. The molecule has 0 aliphatic heterocycles. The van der Waals surface area contributed by atoms with E-state index in [-0.39, 0.29) is 18.9 Å². The van der Waals surface area contributed by atoms with Crippen LogP contribution in [-0.4, -0.2) is 23.0 Å². The van der Waals surface area contributed by atoms with Crippen LogP contribution >= 0.6 is 0 Å². The molecule has 7 heteroatoms. The van der Waals surface area contributed by atoms with E-state index in [4.69, 9.17) is 15.6 Å². The number of carbonyl (C=O) groups is 1. The quantitative estimate of drug-likeness (QED) is 0.832. The van der Waals surface area contributed by atoms with Crippen LogP contribution < -0.4 is 5.73 Å². The van der Waals surface area contributed by atoms with Crippen molar-refractivity contribution in [3.05, 3.63) is 35.4 Å². The van der Waals surface area contributed by atoms with E-state index < -0.39 is 41.3 Å². The summed E-state index contributed by atoms with van der Waals surface area (Å²) in [5, 5.41) is 8.90. The maximum atomic E-state index is 14.4. The maximum Gasteiger partial charge on any atom is 0.307 e. The van der Waals surface area contributed by atoms with Gasteiger partial charge in [-0.15, -0.1) is 0 Å². The summed E-state index contributed by atoms with van der Waals surface area (Å²) in [5.74, 6) is -7.01. The molecule has 5 atom stereocenters. The van der Waals surface area contributed by atoms with Gasteiger partial charge in [-0.05, 0) is 30.0 Å². The lowest BCUT2D eigenvalue weighted by atomic mass is 10.0. The first-order chi connectivity index (χ1) is 9.82. The van der Waals surface area contributed by atoms with Gasteiger partial charge in [0.1, 0.15) is 6.10 Å². The summed E-state index contributed by atoms with van der Waals surface area (Å²) in [5.41, 5.74) is 5.93. The van der Waals surface area contributed by atoms with Crippen molar-refractivity contribution in [3.8, 4) is 0 Å². The molecule has 1 aromatic carbocycles. The summed E-state index contributed by atoms with van der Waals surface area (Å²) in [6.45, 7) is -0.109. The third-order valence-electron chi connectivity index (χ3n) is 4.38. The van der Waals surface area contributed by atoms with Gasteiger partial charge >= 0.3 is 5.97 Å². The van der Waals surface area contributed by atoms with Crippen LogP contribution in [0.1, 0.15) is 12.0 Å².